The lowest BCUT2D eigenvalue weighted by atomic mass is 10.1. The summed E-state index contributed by atoms with van der Waals surface area (Å²) in [6.45, 7) is 4.70. The minimum atomic E-state index is -0.110. The smallest absolute Gasteiger partial charge is 0.251 e. The van der Waals surface area contributed by atoms with Gasteiger partial charge in [0.25, 0.3) is 5.91 Å². The molecule has 0 aliphatic rings. The van der Waals surface area contributed by atoms with Gasteiger partial charge in [0.05, 0.1) is 18.3 Å². The molecule has 2 rings (SSSR count). The van der Waals surface area contributed by atoms with Crippen molar-refractivity contribution >= 4 is 11.6 Å². The first-order chi connectivity index (χ1) is 11.5. The molecule has 2 aromatic rings. The second-order valence-corrected chi connectivity index (χ2v) is 5.88. The van der Waals surface area contributed by atoms with E-state index in [1.165, 1.54) is 0 Å². The van der Waals surface area contributed by atoms with Gasteiger partial charge in [0.1, 0.15) is 0 Å². The maximum Gasteiger partial charge on any atom is 0.251 e. The van der Waals surface area contributed by atoms with Crippen LogP contribution in [0.3, 0.4) is 0 Å². The number of benzene rings is 1. The first-order valence-corrected chi connectivity index (χ1v) is 8.20. The molecule has 128 valence electrons. The summed E-state index contributed by atoms with van der Waals surface area (Å²) in [5.74, 6) is -0.110. The predicted molar refractivity (Wildman–Crippen MR) is 96.3 cm³/mol. The maximum atomic E-state index is 12.5. The first kappa shape index (κ1) is 17.9. The lowest BCUT2D eigenvalue weighted by molar-refractivity contribution is 0.0934. The van der Waals surface area contributed by atoms with Gasteiger partial charge in [-0.3, -0.25) is 9.78 Å². The highest BCUT2D eigenvalue weighted by Crippen LogP contribution is 2.17. The van der Waals surface area contributed by atoms with Crippen LogP contribution in [-0.4, -0.2) is 36.2 Å². The van der Waals surface area contributed by atoms with E-state index in [0.717, 1.165) is 23.4 Å². The van der Waals surface area contributed by atoms with Crippen LogP contribution in [0.4, 0.5) is 5.69 Å². The zero-order valence-corrected chi connectivity index (χ0v) is 14.5. The van der Waals surface area contributed by atoms with E-state index in [0.29, 0.717) is 12.1 Å². The van der Waals surface area contributed by atoms with Crippen LogP contribution in [0.1, 0.15) is 41.0 Å². The highest BCUT2D eigenvalue weighted by Gasteiger charge is 2.15. The number of amides is 1. The summed E-state index contributed by atoms with van der Waals surface area (Å²) in [6, 6.07) is 11.2. The Kier molecular flexibility index (Phi) is 6.32. The number of pyridine rings is 1. The molecule has 1 atom stereocenters. The molecule has 5 heteroatoms. The van der Waals surface area contributed by atoms with E-state index in [4.69, 9.17) is 5.11 Å². The monoisotopic (exact) mass is 327 g/mol. The number of likely N-dealkylation sites (N-methyl/N-ethyl adjacent to an activating group) is 1. The summed E-state index contributed by atoms with van der Waals surface area (Å²) in [4.78, 5) is 18.8. The summed E-state index contributed by atoms with van der Waals surface area (Å²) >= 11 is 0. The van der Waals surface area contributed by atoms with Gasteiger partial charge in [-0.1, -0.05) is 6.92 Å². The summed E-state index contributed by atoms with van der Waals surface area (Å²) in [7, 11) is 1.90. The van der Waals surface area contributed by atoms with Gasteiger partial charge in [-0.2, -0.15) is 0 Å². The number of nitrogens with zero attached hydrogens (tertiary/aromatic N) is 2. The number of carbonyl (C=O) groups is 1. The summed E-state index contributed by atoms with van der Waals surface area (Å²) in [6.07, 6.45) is 2.55. The predicted octanol–water partition coefficient (Wildman–Crippen LogP) is 2.70. The van der Waals surface area contributed by atoms with Gasteiger partial charge in [-0.15, -0.1) is 0 Å². The maximum absolute atomic E-state index is 12.5. The number of aliphatic hydroxyl groups is 1. The Hall–Kier alpha value is -2.40. The van der Waals surface area contributed by atoms with E-state index in [1.54, 1.807) is 18.3 Å². The molecule has 0 aliphatic heterocycles. The number of hydrogen-bond acceptors (Lipinski definition) is 4. The topological polar surface area (TPSA) is 65.5 Å². The van der Waals surface area contributed by atoms with Gasteiger partial charge in [-0.05, 0) is 55.3 Å². The number of hydrogen-bond donors (Lipinski definition) is 2. The number of aryl methyl sites for hydroxylation is 1. The van der Waals surface area contributed by atoms with E-state index in [9.17, 15) is 4.79 Å². The summed E-state index contributed by atoms with van der Waals surface area (Å²) in [5.41, 5.74) is 3.59. The Labute approximate surface area is 143 Å². The van der Waals surface area contributed by atoms with Crippen molar-refractivity contribution in [3.63, 3.8) is 0 Å². The van der Waals surface area contributed by atoms with Crippen LogP contribution in [-0.2, 0) is 0 Å². The van der Waals surface area contributed by atoms with E-state index in [2.05, 4.69) is 10.3 Å². The Balaban J connectivity index is 2.08. The molecule has 0 unspecified atom stereocenters. The van der Waals surface area contributed by atoms with E-state index in [1.807, 2.05) is 50.1 Å². The molecule has 0 aliphatic carbocycles. The average molecular weight is 327 g/mol. The zero-order chi connectivity index (χ0) is 17.5. The highest BCUT2D eigenvalue weighted by atomic mass is 16.3. The third-order valence-corrected chi connectivity index (χ3v) is 4.01. The van der Waals surface area contributed by atoms with Crippen LogP contribution in [0, 0.1) is 6.92 Å². The number of aliphatic hydroxyl groups excluding tert-OH is 1. The zero-order valence-electron chi connectivity index (χ0n) is 14.5. The number of rotatable bonds is 7. The van der Waals surface area contributed by atoms with Crippen molar-refractivity contribution in [1.82, 2.24) is 10.3 Å². The second kappa shape index (κ2) is 8.45. The van der Waals surface area contributed by atoms with Gasteiger partial charge in [-0.25, -0.2) is 0 Å². The van der Waals surface area contributed by atoms with Crippen molar-refractivity contribution in [2.75, 3.05) is 25.1 Å². The van der Waals surface area contributed by atoms with Crippen molar-refractivity contribution in [3.8, 4) is 0 Å². The fraction of sp³-hybridized carbons (Fsp3) is 0.368. The van der Waals surface area contributed by atoms with Crippen molar-refractivity contribution in [3.05, 3.63) is 59.4 Å². The fourth-order valence-corrected chi connectivity index (χ4v) is 2.52. The molecule has 1 aromatic heterocycles. The lowest BCUT2D eigenvalue weighted by Gasteiger charge is -2.19. The van der Waals surface area contributed by atoms with Crippen LogP contribution >= 0.6 is 0 Å². The number of carbonyl (C=O) groups excluding carboxylic acids is 1. The van der Waals surface area contributed by atoms with Crippen molar-refractivity contribution in [2.24, 2.45) is 0 Å². The third kappa shape index (κ3) is 4.55. The Morgan fingerprint density at radius 1 is 1.29 bits per heavy atom. The Bertz CT molecular complexity index is 671. The van der Waals surface area contributed by atoms with E-state index < -0.39 is 0 Å². The Morgan fingerprint density at radius 2 is 2.00 bits per heavy atom. The minimum absolute atomic E-state index is 0.0976. The van der Waals surface area contributed by atoms with Crippen LogP contribution in [0.15, 0.2) is 42.6 Å². The van der Waals surface area contributed by atoms with Gasteiger partial charge in [0.2, 0.25) is 0 Å². The molecule has 2 N–H and O–H groups in total. The molecular formula is C19H25N3O2. The van der Waals surface area contributed by atoms with Crippen LogP contribution in [0.5, 0.6) is 0 Å². The van der Waals surface area contributed by atoms with Gasteiger partial charge in [0, 0.05) is 31.0 Å². The van der Waals surface area contributed by atoms with Gasteiger partial charge >= 0.3 is 0 Å². The van der Waals surface area contributed by atoms with Gasteiger partial charge < -0.3 is 15.3 Å². The largest absolute Gasteiger partial charge is 0.395 e. The lowest BCUT2D eigenvalue weighted by Crippen LogP contribution is -2.29. The number of aromatic nitrogens is 1. The molecule has 1 amide bonds. The van der Waals surface area contributed by atoms with Gasteiger partial charge in [0.15, 0.2) is 0 Å². The normalized spacial score (nSPS) is 11.8. The van der Waals surface area contributed by atoms with E-state index in [-0.39, 0.29) is 18.6 Å². The fourth-order valence-electron chi connectivity index (χ4n) is 2.52. The molecule has 0 spiro atoms. The van der Waals surface area contributed by atoms with Crippen LogP contribution in [0.25, 0.3) is 0 Å². The van der Waals surface area contributed by atoms with Crippen molar-refractivity contribution in [1.29, 1.82) is 0 Å². The molecule has 0 saturated carbocycles. The first-order valence-electron chi connectivity index (χ1n) is 8.20. The SMILES string of the molecule is CC[C@H](NC(=O)c1ccc(N(C)CCO)cc1)c1cc(C)ccn1. The molecule has 24 heavy (non-hydrogen) atoms. The van der Waals surface area contributed by atoms with Crippen LogP contribution in [0.2, 0.25) is 0 Å². The minimum Gasteiger partial charge on any atom is -0.395 e. The average Bonchev–Trinajstić information content (AvgIpc) is 2.59. The molecule has 1 heterocycles. The molecule has 0 fully saturated rings. The summed E-state index contributed by atoms with van der Waals surface area (Å²) < 4.78 is 0. The molecular weight excluding hydrogens is 302 g/mol. The molecule has 1 aromatic carbocycles. The highest BCUT2D eigenvalue weighted by molar-refractivity contribution is 5.94. The molecule has 0 saturated heterocycles. The number of nitrogens with one attached hydrogen (secondary N) is 1. The number of anilines is 1. The quantitative estimate of drug-likeness (QED) is 0.820. The molecule has 0 bridgehead atoms. The van der Waals surface area contributed by atoms with Crippen LogP contribution < -0.4 is 10.2 Å². The third-order valence-electron chi connectivity index (χ3n) is 4.01. The van der Waals surface area contributed by atoms with E-state index >= 15 is 0 Å². The molecule has 5 nitrogen and oxygen atoms in total. The van der Waals surface area contributed by atoms with Crippen molar-refractivity contribution < 1.29 is 9.90 Å². The molecule has 0 radical (unpaired) electrons. The standard InChI is InChI=1S/C19H25N3O2/c1-4-17(18-13-14(2)9-10-20-18)21-19(24)15-5-7-16(8-6-15)22(3)11-12-23/h5-10,13,17,23H,4,11-12H2,1-3H3,(H,21,24)/t17-/m0/s1. The second-order valence-electron chi connectivity index (χ2n) is 5.88. The Morgan fingerprint density at radius 3 is 2.58 bits per heavy atom. The van der Waals surface area contributed by atoms with Crippen molar-refractivity contribution in [2.45, 2.75) is 26.3 Å². The summed E-state index contributed by atoms with van der Waals surface area (Å²) in [5, 5.41) is 12.0.